The molecule has 140 valence electrons. The Morgan fingerprint density at radius 1 is 1.23 bits per heavy atom. The lowest BCUT2D eigenvalue weighted by molar-refractivity contribution is -0.140. The van der Waals surface area contributed by atoms with Crippen LogP contribution in [0.2, 0.25) is 0 Å². The minimum Gasteiger partial charge on any atom is -0.336 e. The normalized spacial score (nSPS) is 16.1. The molecule has 0 atom stereocenters. The summed E-state index contributed by atoms with van der Waals surface area (Å²) < 4.78 is 51.8. The predicted molar refractivity (Wildman–Crippen MR) is 89.4 cm³/mol. The van der Waals surface area contributed by atoms with E-state index in [2.05, 4.69) is 9.88 Å². The topological polar surface area (TPSA) is 36.4 Å². The van der Waals surface area contributed by atoms with Gasteiger partial charge in [0.05, 0.1) is 16.3 Å². The van der Waals surface area contributed by atoms with E-state index >= 15 is 0 Å². The van der Waals surface area contributed by atoms with Crippen LogP contribution in [0.3, 0.4) is 0 Å². The van der Waals surface area contributed by atoms with Gasteiger partial charge < -0.3 is 4.90 Å². The van der Waals surface area contributed by atoms with Crippen molar-refractivity contribution in [1.82, 2.24) is 14.8 Å². The average Bonchev–Trinajstić information content (AvgIpc) is 2.99. The number of thiazole rings is 1. The van der Waals surface area contributed by atoms with Crippen molar-refractivity contribution in [2.45, 2.75) is 19.6 Å². The van der Waals surface area contributed by atoms with Gasteiger partial charge in [-0.05, 0) is 25.1 Å². The van der Waals surface area contributed by atoms with Gasteiger partial charge in [0.15, 0.2) is 0 Å². The molecule has 0 unspecified atom stereocenters. The minimum absolute atomic E-state index is 0.151. The lowest BCUT2D eigenvalue weighted by atomic mass is 10.1. The van der Waals surface area contributed by atoms with Crippen LogP contribution in [0.25, 0.3) is 0 Å². The highest BCUT2D eigenvalue weighted by Gasteiger charge is 2.35. The summed E-state index contributed by atoms with van der Waals surface area (Å²) >= 11 is 1.58. The van der Waals surface area contributed by atoms with E-state index in [0.29, 0.717) is 44.9 Å². The number of piperazine rings is 1. The molecule has 1 saturated heterocycles. The summed E-state index contributed by atoms with van der Waals surface area (Å²) in [6.07, 6.45) is -4.83. The third kappa shape index (κ3) is 4.21. The van der Waals surface area contributed by atoms with Gasteiger partial charge in [-0.25, -0.2) is 9.37 Å². The third-order valence-electron chi connectivity index (χ3n) is 4.23. The van der Waals surface area contributed by atoms with E-state index in [0.717, 1.165) is 16.8 Å². The zero-order valence-corrected chi connectivity index (χ0v) is 14.8. The van der Waals surface area contributed by atoms with Gasteiger partial charge in [0.25, 0.3) is 5.91 Å². The van der Waals surface area contributed by atoms with Gasteiger partial charge in [0.1, 0.15) is 5.82 Å². The number of carbonyl (C=O) groups is 1. The highest BCUT2D eigenvalue weighted by molar-refractivity contribution is 7.09. The Morgan fingerprint density at radius 2 is 1.92 bits per heavy atom. The van der Waals surface area contributed by atoms with Crippen molar-refractivity contribution in [2.75, 3.05) is 26.2 Å². The maximum Gasteiger partial charge on any atom is 0.419 e. The molecule has 3 rings (SSSR count). The second-order valence-corrected chi connectivity index (χ2v) is 7.18. The molecule has 1 aromatic heterocycles. The Hall–Kier alpha value is -2.00. The number of nitrogens with zero attached hydrogens (tertiary/aromatic N) is 3. The van der Waals surface area contributed by atoms with Crippen LogP contribution < -0.4 is 0 Å². The lowest BCUT2D eigenvalue weighted by Crippen LogP contribution is -2.48. The zero-order chi connectivity index (χ0) is 18.9. The summed E-state index contributed by atoms with van der Waals surface area (Å²) in [4.78, 5) is 20.5. The second kappa shape index (κ2) is 7.32. The zero-order valence-electron chi connectivity index (χ0n) is 14.0. The molecule has 0 N–H and O–H groups in total. The molecule has 9 heteroatoms. The number of aryl methyl sites for hydroxylation is 1. The fraction of sp³-hybridized carbons (Fsp3) is 0.412. The predicted octanol–water partition coefficient (Wildman–Crippen LogP) is 3.57. The average molecular weight is 387 g/mol. The van der Waals surface area contributed by atoms with Crippen molar-refractivity contribution in [3.05, 3.63) is 51.2 Å². The fourth-order valence-electron chi connectivity index (χ4n) is 2.88. The summed E-state index contributed by atoms with van der Waals surface area (Å²) in [6.45, 7) is 4.64. The number of carbonyl (C=O) groups excluding carboxylic acids is 1. The van der Waals surface area contributed by atoms with E-state index in [4.69, 9.17) is 0 Å². The van der Waals surface area contributed by atoms with Crippen molar-refractivity contribution in [3.8, 4) is 0 Å². The number of halogens is 4. The summed E-state index contributed by atoms with van der Waals surface area (Å²) in [5.74, 6) is -1.89. The number of aromatic nitrogens is 1. The lowest BCUT2D eigenvalue weighted by Gasteiger charge is -2.34. The van der Waals surface area contributed by atoms with Gasteiger partial charge in [-0.2, -0.15) is 13.2 Å². The molecule has 1 fully saturated rings. The molecule has 1 aliphatic rings. The van der Waals surface area contributed by atoms with E-state index in [1.54, 1.807) is 11.3 Å². The maximum absolute atomic E-state index is 13.4. The summed E-state index contributed by atoms with van der Waals surface area (Å²) in [5.41, 5.74) is -0.594. The molecule has 0 radical (unpaired) electrons. The Balaban J connectivity index is 1.63. The summed E-state index contributed by atoms with van der Waals surface area (Å²) in [7, 11) is 0. The van der Waals surface area contributed by atoms with E-state index in [1.807, 2.05) is 12.3 Å². The van der Waals surface area contributed by atoms with Crippen LogP contribution in [0.1, 0.15) is 26.6 Å². The van der Waals surface area contributed by atoms with E-state index in [9.17, 15) is 22.4 Å². The van der Waals surface area contributed by atoms with Crippen molar-refractivity contribution >= 4 is 17.2 Å². The number of benzene rings is 1. The Kier molecular flexibility index (Phi) is 5.29. The van der Waals surface area contributed by atoms with E-state index in [-0.39, 0.29) is 5.56 Å². The number of alkyl halides is 3. The Bertz CT molecular complexity index is 798. The van der Waals surface area contributed by atoms with Crippen LogP contribution >= 0.6 is 11.3 Å². The molecule has 1 aromatic carbocycles. The van der Waals surface area contributed by atoms with Gasteiger partial charge in [0.2, 0.25) is 0 Å². The van der Waals surface area contributed by atoms with Gasteiger partial charge >= 0.3 is 6.18 Å². The van der Waals surface area contributed by atoms with Crippen LogP contribution in [-0.4, -0.2) is 46.9 Å². The molecule has 2 aromatic rings. The van der Waals surface area contributed by atoms with Crippen molar-refractivity contribution in [2.24, 2.45) is 0 Å². The molecule has 0 spiro atoms. The first-order chi connectivity index (χ1) is 12.2. The first-order valence-corrected chi connectivity index (χ1v) is 8.91. The summed E-state index contributed by atoms with van der Waals surface area (Å²) in [5, 5.41) is 2.98. The number of amides is 1. The number of hydrogen-bond donors (Lipinski definition) is 0. The monoisotopic (exact) mass is 387 g/mol. The smallest absolute Gasteiger partial charge is 0.336 e. The van der Waals surface area contributed by atoms with Gasteiger partial charge in [-0.15, -0.1) is 11.3 Å². The molecular formula is C17H17F4N3OS. The van der Waals surface area contributed by atoms with Crippen molar-refractivity contribution in [3.63, 3.8) is 0 Å². The second-order valence-electron chi connectivity index (χ2n) is 6.12. The molecule has 26 heavy (non-hydrogen) atoms. The van der Waals surface area contributed by atoms with Gasteiger partial charge in [0, 0.05) is 43.7 Å². The number of hydrogen-bond acceptors (Lipinski definition) is 4. The first kappa shape index (κ1) is 18.8. The van der Waals surface area contributed by atoms with Crippen LogP contribution in [0, 0.1) is 12.7 Å². The highest BCUT2D eigenvalue weighted by atomic mass is 32.1. The molecular weight excluding hydrogens is 370 g/mol. The van der Waals surface area contributed by atoms with Crippen LogP contribution in [0.5, 0.6) is 0 Å². The van der Waals surface area contributed by atoms with Crippen molar-refractivity contribution < 1.29 is 22.4 Å². The molecule has 0 aliphatic carbocycles. The molecule has 1 aliphatic heterocycles. The molecule has 0 saturated carbocycles. The van der Waals surface area contributed by atoms with E-state index < -0.39 is 23.5 Å². The first-order valence-electron chi connectivity index (χ1n) is 8.03. The standard InChI is InChI=1S/C17H17F4N3OS/c1-11-22-13(10-26-11)9-23-4-6-24(7-5-23)16(25)12-2-3-15(18)14(8-12)17(19,20)21/h2-3,8,10H,4-7,9H2,1H3. The maximum atomic E-state index is 13.4. The SMILES string of the molecule is Cc1nc(CN2CCN(C(=O)c3ccc(F)c(C(F)(F)F)c3)CC2)cs1. The van der Waals surface area contributed by atoms with Crippen LogP contribution in [-0.2, 0) is 12.7 Å². The quantitative estimate of drug-likeness (QED) is 0.756. The molecule has 2 heterocycles. The third-order valence-corrected chi connectivity index (χ3v) is 5.05. The molecule has 0 bridgehead atoms. The van der Waals surface area contributed by atoms with Crippen LogP contribution in [0.4, 0.5) is 17.6 Å². The summed E-state index contributed by atoms with van der Waals surface area (Å²) in [6, 6.07) is 2.37. The van der Waals surface area contributed by atoms with Crippen LogP contribution in [0.15, 0.2) is 23.6 Å². The van der Waals surface area contributed by atoms with Gasteiger partial charge in [-0.3, -0.25) is 9.69 Å². The largest absolute Gasteiger partial charge is 0.419 e. The Labute approximate surface area is 152 Å². The molecule has 1 amide bonds. The minimum atomic E-state index is -4.83. The molecule has 4 nitrogen and oxygen atoms in total. The number of rotatable bonds is 3. The van der Waals surface area contributed by atoms with E-state index in [1.165, 1.54) is 4.90 Å². The fourth-order valence-corrected chi connectivity index (χ4v) is 3.48. The van der Waals surface area contributed by atoms with Crippen molar-refractivity contribution in [1.29, 1.82) is 0 Å². The Morgan fingerprint density at radius 3 is 2.50 bits per heavy atom. The van der Waals surface area contributed by atoms with Gasteiger partial charge in [-0.1, -0.05) is 0 Å². The highest BCUT2D eigenvalue weighted by Crippen LogP contribution is 2.32.